The predicted octanol–water partition coefficient (Wildman–Crippen LogP) is 3.05. The highest BCUT2D eigenvalue weighted by molar-refractivity contribution is 9.10. The van der Waals surface area contributed by atoms with Crippen LogP contribution >= 0.6 is 15.9 Å². The number of halogens is 1. The van der Waals surface area contributed by atoms with E-state index in [4.69, 9.17) is 0 Å². The Balaban J connectivity index is 2.22. The molecule has 0 saturated heterocycles. The molecule has 1 aromatic heterocycles. The third kappa shape index (κ3) is 2.47. The predicted molar refractivity (Wildman–Crippen MR) is 82.5 cm³/mol. The van der Waals surface area contributed by atoms with Gasteiger partial charge in [-0.3, -0.25) is 19.7 Å². The molecule has 0 amide bonds. The lowest BCUT2D eigenvalue weighted by molar-refractivity contribution is -0.383. The minimum Gasteiger partial charge on any atom is -0.300 e. The normalized spacial score (nSPS) is 10.9. The van der Waals surface area contributed by atoms with Gasteiger partial charge in [-0.25, -0.2) is 4.79 Å². The number of nitrogens with one attached hydrogen (secondary N) is 1. The monoisotopic (exact) mass is 347 g/mol. The smallest absolute Gasteiger partial charge is 0.300 e. The van der Waals surface area contributed by atoms with Gasteiger partial charge in [0.25, 0.3) is 5.69 Å². The van der Waals surface area contributed by atoms with E-state index >= 15 is 0 Å². The van der Waals surface area contributed by atoms with E-state index in [-0.39, 0.29) is 16.9 Å². The van der Waals surface area contributed by atoms with Crippen molar-refractivity contribution < 1.29 is 4.92 Å². The number of nitrogens with zero attached hydrogens (tertiary/aromatic N) is 2. The summed E-state index contributed by atoms with van der Waals surface area (Å²) in [6.45, 7) is 0.354. The van der Waals surface area contributed by atoms with Crippen molar-refractivity contribution in [3.8, 4) is 0 Å². The quantitative estimate of drug-likeness (QED) is 0.583. The standard InChI is InChI=1S/C14H10BrN3O3/c15-10-6-11-13(12(7-10)18(20)21)16-14(19)17(11)8-9-4-2-1-3-5-9/h1-7H,8H2,(H,16,19). The Morgan fingerprint density at radius 2 is 1.95 bits per heavy atom. The van der Waals surface area contributed by atoms with E-state index in [2.05, 4.69) is 20.9 Å². The molecule has 0 aliphatic heterocycles. The largest absolute Gasteiger partial charge is 0.326 e. The number of imidazole rings is 1. The van der Waals surface area contributed by atoms with Gasteiger partial charge in [0.05, 0.1) is 17.0 Å². The van der Waals surface area contributed by atoms with Gasteiger partial charge in [-0.2, -0.15) is 0 Å². The van der Waals surface area contributed by atoms with Crippen LogP contribution in [0, 0.1) is 10.1 Å². The molecule has 0 unspecified atom stereocenters. The number of hydrogen-bond acceptors (Lipinski definition) is 3. The van der Waals surface area contributed by atoms with Crippen LogP contribution in [0.15, 0.2) is 51.7 Å². The number of hydrogen-bond donors (Lipinski definition) is 1. The minimum absolute atomic E-state index is 0.122. The molecule has 1 N–H and O–H groups in total. The number of non-ortho nitro benzene ring substituents is 1. The lowest BCUT2D eigenvalue weighted by atomic mass is 10.2. The molecular formula is C14H10BrN3O3. The Hall–Kier alpha value is -2.41. The van der Waals surface area contributed by atoms with Gasteiger partial charge >= 0.3 is 5.69 Å². The summed E-state index contributed by atoms with van der Waals surface area (Å²) in [5, 5.41) is 11.1. The second-order valence-corrected chi connectivity index (χ2v) is 5.49. The average molecular weight is 348 g/mol. The van der Waals surface area contributed by atoms with E-state index in [1.54, 1.807) is 6.07 Å². The zero-order valence-corrected chi connectivity index (χ0v) is 12.3. The maximum Gasteiger partial charge on any atom is 0.326 e. The highest BCUT2D eigenvalue weighted by Crippen LogP contribution is 2.28. The third-order valence-corrected chi connectivity index (χ3v) is 3.67. The summed E-state index contributed by atoms with van der Waals surface area (Å²) in [7, 11) is 0. The van der Waals surface area contributed by atoms with E-state index in [9.17, 15) is 14.9 Å². The highest BCUT2D eigenvalue weighted by atomic mass is 79.9. The van der Waals surface area contributed by atoms with Crippen LogP contribution in [0.2, 0.25) is 0 Å². The fourth-order valence-electron chi connectivity index (χ4n) is 2.27. The number of rotatable bonds is 3. The zero-order chi connectivity index (χ0) is 15.0. The number of nitro groups is 1. The first-order valence-corrected chi connectivity index (χ1v) is 6.96. The van der Waals surface area contributed by atoms with E-state index < -0.39 is 4.92 Å². The topological polar surface area (TPSA) is 80.9 Å². The Morgan fingerprint density at radius 1 is 1.24 bits per heavy atom. The van der Waals surface area contributed by atoms with Crippen LogP contribution in [-0.2, 0) is 6.54 Å². The minimum atomic E-state index is -0.504. The van der Waals surface area contributed by atoms with Crippen molar-refractivity contribution in [3.05, 3.63) is 73.1 Å². The first-order chi connectivity index (χ1) is 10.1. The third-order valence-electron chi connectivity index (χ3n) is 3.21. The molecule has 7 heteroatoms. The molecule has 0 spiro atoms. The zero-order valence-electron chi connectivity index (χ0n) is 10.7. The maximum absolute atomic E-state index is 12.1. The summed E-state index contributed by atoms with van der Waals surface area (Å²) < 4.78 is 2.05. The van der Waals surface area contributed by atoms with E-state index in [1.807, 2.05) is 30.3 Å². The molecule has 2 aromatic carbocycles. The van der Waals surface area contributed by atoms with Gasteiger partial charge in [-0.15, -0.1) is 0 Å². The molecule has 0 bridgehead atoms. The SMILES string of the molecule is O=c1[nH]c2c([N+](=O)[O-])cc(Br)cc2n1Cc1ccccc1. The number of H-pyrrole nitrogens is 1. The van der Waals surface area contributed by atoms with Crippen LogP contribution < -0.4 is 5.69 Å². The van der Waals surface area contributed by atoms with Gasteiger partial charge in [-0.1, -0.05) is 46.3 Å². The molecule has 106 valence electrons. The Labute approximate surface area is 127 Å². The first kappa shape index (κ1) is 13.6. The molecule has 0 atom stereocenters. The van der Waals surface area contributed by atoms with E-state index in [1.165, 1.54) is 10.6 Å². The van der Waals surface area contributed by atoms with Gasteiger partial charge in [0.1, 0.15) is 5.52 Å². The summed E-state index contributed by atoms with van der Waals surface area (Å²) in [5.41, 5.74) is 1.20. The molecule has 1 heterocycles. The summed E-state index contributed by atoms with van der Waals surface area (Å²) in [6.07, 6.45) is 0. The van der Waals surface area contributed by atoms with Gasteiger partial charge in [0.2, 0.25) is 0 Å². The summed E-state index contributed by atoms with van der Waals surface area (Å²) in [6, 6.07) is 12.5. The van der Waals surface area contributed by atoms with Crippen molar-refractivity contribution in [2.24, 2.45) is 0 Å². The summed E-state index contributed by atoms with van der Waals surface area (Å²) in [4.78, 5) is 25.3. The van der Waals surface area contributed by atoms with Crippen molar-refractivity contribution in [1.82, 2.24) is 9.55 Å². The molecule has 3 rings (SSSR count). The molecule has 0 aliphatic carbocycles. The molecule has 0 saturated carbocycles. The van der Waals surface area contributed by atoms with Gasteiger partial charge in [-0.05, 0) is 11.6 Å². The molecule has 6 nitrogen and oxygen atoms in total. The molecular weight excluding hydrogens is 338 g/mol. The highest BCUT2D eigenvalue weighted by Gasteiger charge is 2.19. The Kier molecular flexibility index (Phi) is 3.34. The van der Waals surface area contributed by atoms with E-state index in [0.29, 0.717) is 16.5 Å². The number of aromatic amines is 1. The molecule has 0 aliphatic rings. The molecule has 3 aromatic rings. The Morgan fingerprint density at radius 3 is 2.62 bits per heavy atom. The van der Waals surface area contributed by atoms with Gasteiger partial charge < -0.3 is 0 Å². The van der Waals surface area contributed by atoms with Crippen molar-refractivity contribution in [2.75, 3.05) is 0 Å². The maximum atomic E-state index is 12.1. The van der Waals surface area contributed by atoms with Crippen LogP contribution in [0.5, 0.6) is 0 Å². The van der Waals surface area contributed by atoms with Crippen molar-refractivity contribution in [2.45, 2.75) is 6.54 Å². The van der Waals surface area contributed by atoms with Gasteiger partial charge in [0.15, 0.2) is 0 Å². The van der Waals surface area contributed by atoms with Crippen LogP contribution in [0.25, 0.3) is 11.0 Å². The van der Waals surface area contributed by atoms with Crippen molar-refractivity contribution in [3.63, 3.8) is 0 Å². The van der Waals surface area contributed by atoms with Crippen LogP contribution in [0.1, 0.15) is 5.56 Å². The average Bonchev–Trinajstić information content (AvgIpc) is 2.76. The molecule has 0 fully saturated rings. The number of fused-ring (bicyclic) bond motifs is 1. The van der Waals surface area contributed by atoms with Crippen LogP contribution in [0.3, 0.4) is 0 Å². The van der Waals surface area contributed by atoms with Crippen LogP contribution in [0.4, 0.5) is 5.69 Å². The number of nitro benzene ring substituents is 1. The second kappa shape index (κ2) is 5.17. The molecule has 0 radical (unpaired) electrons. The first-order valence-electron chi connectivity index (χ1n) is 6.16. The second-order valence-electron chi connectivity index (χ2n) is 4.58. The fourth-order valence-corrected chi connectivity index (χ4v) is 2.70. The lowest BCUT2D eigenvalue weighted by Crippen LogP contribution is -2.17. The summed E-state index contributed by atoms with van der Waals surface area (Å²) in [5.74, 6) is 0. The number of benzene rings is 2. The number of aromatic nitrogens is 2. The van der Waals surface area contributed by atoms with Crippen LogP contribution in [-0.4, -0.2) is 14.5 Å². The van der Waals surface area contributed by atoms with E-state index in [0.717, 1.165) is 5.56 Å². The molecule has 21 heavy (non-hydrogen) atoms. The van der Waals surface area contributed by atoms with Crippen molar-refractivity contribution in [1.29, 1.82) is 0 Å². The lowest BCUT2D eigenvalue weighted by Gasteiger charge is -2.04. The Bertz CT molecular complexity index is 884. The van der Waals surface area contributed by atoms with Gasteiger partial charge in [0, 0.05) is 10.5 Å². The summed E-state index contributed by atoms with van der Waals surface area (Å²) >= 11 is 3.25. The van der Waals surface area contributed by atoms with Crippen molar-refractivity contribution >= 4 is 32.7 Å². The fraction of sp³-hybridized carbons (Fsp3) is 0.0714.